The maximum Gasteiger partial charge on any atom is 0.243 e. The van der Waals surface area contributed by atoms with Crippen molar-refractivity contribution in [1.82, 2.24) is 15.5 Å². The number of rotatable bonds is 6. The summed E-state index contributed by atoms with van der Waals surface area (Å²) in [6.45, 7) is 6.48. The molecule has 0 radical (unpaired) electrons. The third-order valence-corrected chi connectivity index (χ3v) is 4.82. The van der Waals surface area contributed by atoms with E-state index in [0.717, 1.165) is 38.3 Å². The first kappa shape index (κ1) is 20.1. The molecule has 1 aromatic carbocycles. The Morgan fingerprint density at radius 1 is 1.27 bits per heavy atom. The van der Waals surface area contributed by atoms with Crippen molar-refractivity contribution < 1.29 is 4.79 Å². The van der Waals surface area contributed by atoms with E-state index in [4.69, 9.17) is 0 Å². The van der Waals surface area contributed by atoms with Crippen molar-refractivity contribution in [3.63, 3.8) is 0 Å². The number of nitrogens with one attached hydrogen (secondary N) is 2. The smallest absolute Gasteiger partial charge is 0.243 e. The monoisotopic (exact) mass is 359 g/mol. The number of anilines is 1. The van der Waals surface area contributed by atoms with E-state index in [1.54, 1.807) is 19.0 Å². The molecule has 1 saturated heterocycles. The van der Waals surface area contributed by atoms with Gasteiger partial charge in [0.15, 0.2) is 5.96 Å². The summed E-state index contributed by atoms with van der Waals surface area (Å²) < 4.78 is 0. The lowest BCUT2D eigenvalue weighted by atomic mass is 10.0. The lowest BCUT2D eigenvalue weighted by Gasteiger charge is -2.35. The Bertz CT molecular complexity index is 579. The summed E-state index contributed by atoms with van der Waals surface area (Å²) in [4.78, 5) is 20.3. The number of benzene rings is 1. The van der Waals surface area contributed by atoms with Gasteiger partial charge in [0, 0.05) is 45.0 Å². The Morgan fingerprint density at radius 3 is 2.50 bits per heavy atom. The van der Waals surface area contributed by atoms with Crippen molar-refractivity contribution in [3.05, 3.63) is 30.3 Å². The summed E-state index contributed by atoms with van der Waals surface area (Å²) >= 11 is 0. The molecule has 1 unspecified atom stereocenters. The number of aliphatic imine (C=N–C) groups is 1. The van der Waals surface area contributed by atoms with E-state index in [1.165, 1.54) is 5.69 Å². The maximum absolute atomic E-state index is 11.9. The number of hydrogen-bond acceptors (Lipinski definition) is 3. The average Bonchev–Trinajstić information content (AvgIpc) is 2.66. The first-order valence-electron chi connectivity index (χ1n) is 9.57. The summed E-state index contributed by atoms with van der Waals surface area (Å²) in [7, 11) is 3.51. The van der Waals surface area contributed by atoms with Gasteiger partial charge in [-0.05, 0) is 38.3 Å². The third kappa shape index (κ3) is 6.24. The molecule has 1 aromatic rings. The molecular formula is C20H33N5O. The highest BCUT2D eigenvalue weighted by molar-refractivity contribution is 5.85. The number of para-hydroxylation sites is 1. The molecule has 0 spiro atoms. The van der Waals surface area contributed by atoms with Crippen LogP contribution in [0.1, 0.15) is 33.1 Å². The number of piperidine rings is 1. The van der Waals surface area contributed by atoms with Crippen LogP contribution in [0, 0.1) is 0 Å². The first-order valence-corrected chi connectivity index (χ1v) is 9.57. The molecule has 6 nitrogen and oxygen atoms in total. The highest BCUT2D eigenvalue weighted by Gasteiger charge is 2.20. The van der Waals surface area contributed by atoms with E-state index in [0.29, 0.717) is 12.1 Å². The molecule has 144 valence electrons. The number of carbonyl (C=O) groups is 1. The van der Waals surface area contributed by atoms with Crippen LogP contribution in [0.5, 0.6) is 0 Å². The fourth-order valence-electron chi connectivity index (χ4n) is 2.87. The van der Waals surface area contributed by atoms with Crippen LogP contribution in [0.25, 0.3) is 0 Å². The molecule has 2 N–H and O–H groups in total. The number of guanidine groups is 1. The van der Waals surface area contributed by atoms with Gasteiger partial charge in [0.1, 0.15) is 6.54 Å². The van der Waals surface area contributed by atoms with E-state index in [1.807, 2.05) is 0 Å². The van der Waals surface area contributed by atoms with Crippen molar-refractivity contribution in [1.29, 1.82) is 0 Å². The number of amides is 1. The minimum absolute atomic E-state index is 0.00847. The van der Waals surface area contributed by atoms with Gasteiger partial charge in [0.25, 0.3) is 0 Å². The van der Waals surface area contributed by atoms with Crippen molar-refractivity contribution in [2.75, 3.05) is 38.6 Å². The molecule has 0 saturated carbocycles. The zero-order chi connectivity index (χ0) is 18.9. The number of carbonyl (C=O) groups excluding carboxylic acids is 1. The van der Waals surface area contributed by atoms with Gasteiger partial charge in [-0.1, -0.05) is 25.1 Å². The molecule has 1 aliphatic rings. The molecule has 26 heavy (non-hydrogen) atoms. The van der Waals surface area contributed by atoms with Crippen molar-refractivity contribution in [3.8, 4) is 0 Å². The van der Waals surface area contributed by atoms with Gasteiger partial charge < -0.3 is 20.4 Å². The van der Waals surface area contributed by atoms with E-state index in [9.17, 15) is 4.79 Å². The summed E-state index contributed by atoms with van der Waals surface area (Å²) in [5, 5.41) is 6.93. The fraction of sp³-hybridized carbons (Fsp3) is 0.600. The third-order valence-electron chi connectivity index (χ3n) is 4.82. The minimum atomic E-state index is 0.00847. The second-order valence-electron chi connectivity index (χ2n) is 7.15. The zero-order valence-corrected chi connectivity index (χ0v) is 16.5. The Balaban J connectivity index is 1.91. The van der Waals surface area contributed by atoms with Crippen LogP contribution in [0.4, 0.5) is 5.69 Å². The number of hydrogen-bond donors (Lipinski definition) is 2. The zero-order valence-electron chi connectivity index (χ0n) is 16.5. The molecule has 1 heterocycles. The Kier molecular flexibility index (Phi) is 7.75. The standard InChI is InChI=1S/C20H33N5O/c1-5-16(2)22-20(21-15-19(26)24(3)4)23-17-11-13-25(14-12-17)18-9-7-6-8-10-18/h6-10,16-17H,5,11-15H2,1-4H3,(H2,21,22,23). The molecule has 1 atom stereocenters. The van der Waals surface area contributed by atoms with Crippen LogP contribution in [0.2, 0.25) is 0 Å². The van der Waals surface area contributed by atoms with Crippen LogP contribution in [-0.2, 0) is 4.79 Å². The molecule has 1 aliphatic heterocycles. The number of likely N-dealkylation sites (N-methyl/N-ethyl adjacent to an activating group) is 1. The molecule has 1 amide bonds. The van der Waals surface area contributed by atoms with E-state index < -0.39 is 0 Å². The molecule has 0 aliphatic carbocycles. The predicted octanol–water partition coefficient (Wildman–Crippen LogP) is 2.08. The van der Waals surface area contributed by atoms with Crippen molar-refractivity contribution in [2.24, 2.45) is 4.99 Å². The fourth-order valence-corrected chi connectivity index (χ4v) is 2.87. The summed E-state index contributed by atoms with van der Waals surface area (Å²) in [5.41, 5.74) is 1.29. The second kappa shape index (κ2) is 10.0. The van der Waals surface area contributed by atoms with Crippen LogP contribution in [0.3, 0.4) is 0 Å². The maximum atomic E-state index is 11.9. The van der Waals surface area contributed by atoms with E-state index in [2.05, 4.69) is 64.7 Å². The van der Waals surface area contributed by atoms with Crippen molar-refractivity contribution >= 4 is 17.6 Å². The van der Waals surface area contributed by atoms with Gasteiger partial charge in [-0.2, -0.15) is 0 Å². The highest BCUT2D eigenvalue weighted by Crippen LogP contribution is 2.19. The van der Waals surface area contributed by atoms with Crippen molar-refractivity contribution in [2.45, 2.75) is 45.2 Å². The van der Waals surface area contributed by atoms with Crippen LogP contribution < -0.4 is 15.5 Å². The number of nitrogens with zero attached hydrogens (tertiary/aromatic N) is 3. The van der Waals surface area contributed by atoms with Crippen LogP contribution in [-0.4, -0.2) is 62.6 Å². The lowest BCUT2D eigenvalue weighted by molar-refractivity contribution is -0.127. The Hall–Kier alpha value is -2.24. The van der Waals surface area contributed by atoms with E-state index >= 15 is 0 Å². The SMILES string of the molecule is CCC(C)NC(=NCC(=O)N(C)C)NC1CCN(c2ccccc2)CC1. The topological polar surface area (TPSA) is 60.0 Å². The molecule has 2 rings (SSSR count). The normalized spacial score (nSPS) is 16.9. The largest absolute Gasteiger partial charge is 0.371 e. The van der Waals surface area contributed by atoms with E-state index in [-0.39, 0.29) is 12.5 Å². The molecule has 6 heteroatoms. The van der Waals surface area contributed by atoms with Gasteiger partial charge in [-0.25, -0.2) is 4.99 Å². The quantitative estimate of drug-likeness (QED) is 0.603. The summed E-state index contributed by atoms with van der Waals surface area (Å²) in [6, 6.07) is 11.2. The Morgan fingerprint density at radius 2 is 1.92 bits per heavy atom. The van der Waals surface area contributed by atoms with Gasteiger partial charge >= 0.3 is 0 Å². The lowest BCUT2D eigenvalue weighted by Crippen LogP contribution is -2.50. The minimum Gasteiger partial charge on any atom is -0.371 e. The highest BCUT2D eigenvalue weighted by atomic mass is 16.2. The summed E-state index contributed by atoms with van der Waals surface area (Å²) in [6.07, 6.45) is 3.12. The average molecular weight is 360 g/mol. The second-order valence-corrected chi connectivity index (χ2v) is 7.15. The molecule has 0 aromatic heterocycles. The van der Waals surface area contributed by atoms with Gasteiger partial charge in [0.05, 0.1) is 0 Å². The van der Waals surface area contributed by atoms with Crippen LogP contribution >= 0.6 is 0 Å². The molecular weight excluding hydrogens is 326 g/mol. The van der Waals surface area contributed by atoms with Crippen LogP contribution in [0.15, 0.2) is 35.3 Å². The summed E-state index contributed by atoms with van der Waals surface area (Å²) in [5.74, 6) is 0.752. The first-order chi connectivity index (χ1) is 12.5. The van der Waals surface area contributed by atoms with Gasteiger partial charge in [-0.15, -0.1) is 0 Å². The molecule has 1 fully saturated rings. The van der Waals surface area contributed by atoms with Gasteiger partial charge in [0.2, 0.25) is 5.91 Å². The predicted molar refractivity (Wildman–Crippen MR) is 109 cm³/mol. The molecule has 0 bridgehead atoms. The Labute approximate surface area is 157 Å². The van der Waals surface area contributed by atoms with Gasteiger partial charge in [-0.3, -0.25) is 4.79 Å².